The van der Waals surface area contributed by atoms with Crippen molar-refractivity contribution in [2.45, 2.75) is 46.1 Å². The van der Waals surface area contributed by atoms with Gasteiger partial charge in [-0.15, -0.1) is 35.3 Å². The number of thiazole rings is 1. The Hall–Kier alpha value is -1.15. The molecule has 138 valence electrons. The van der Waals surface area contributed by atoms with Crippen LogP contribution in [0.1, 0.15) is 41.8 Å². The lowest BCUT2D eigenvalue weighted by atomic mass is 9.84. The minimum absolute atomic E-state index is 0. The normalized spacial score (nSPS) is 11.8. The van der Waals surface area contributed by atoms with Crippen LogP contribution in [-0.4, -0.2) is 24.5 Å². The zero-order valence-electron chi connectivity index (χ0n) is 15.7. The van der Waals surface area contributed by atoms with Crippen LogP contribution in [0.15, 0.2) is 35.5 Å². The van der Waals surface area contributed by atoms with E-state index in [2.05, 4.69) is 65.6 Å². The lowest BCUT2D eigenvalue weighted by Gasteiger charge is -2.27. The van der Waals surface area contributed by atoms with Crippen molar-refractivity contribution in [3.8, 4) is 0 Å². The summed E-state index contributed by atoms with van der Waals surface area (Å²) < 4.78 is 0. The summed E-state index contributed by atoms with van der Waals surface area (Å²) in [7, 11) is 1.80. The van der Waals surface area contributed by atoms with Gasteiger partial charge in [-0.1, -0.05) is 45.0 Å². The van der Waals surface area contributed by atoms with Crippen LogP contribution in [0.25, 0.3) is 0 Å². The van der Waals surface area contributed by atoms with E-state index >= 15 is 0 Å². The molecule has 2 rings (SSSR count). The van der Waals surface area contributed by atoms with E-state index in [1.54, 1.807) is 18.4 Å². The Morgan fingerprint density at radius 3 is 2.40 bits per heavy atom. The van der Waals surface area contributed by atoms with Crippen LogP contribution in [0.3, 0.4) is 0 Å². The Balaban J connectivity index is 0.00000312. The molecule has 0 amide bonds. The minimum atomic E-state index is 0. The summed E-state index contributed by atoms with van der Waals surface area (Å²) in [5, 5.41) is 7.88. The summed E-state index contributed by atoms with van der Waals surface area (Å²) in [6.07, 6.45) is 2.99. The van der Waals surface area contributed by atoms with E-state index in [4.69, 9.17) is 0 Å². The summed E-state index contributed by atoms with van der Waals surface area (Å²) in [6, 6.07) is 8.90. The molecule has 0 aliphatic heterocycles. The van der Waals surface area contributed by atoms with Crippen molar-refractivity contribution in [1.82, 2.24) is 15.6 Å². The molecule has 0 fully saturated rings. The van der Waals surface area contributed by atoms with Crippen LogP contribution >= 0.6 is 35.3 Å². The molecule has 0 radical (unpaired) electrons. The number of aliphatic imine (C=N–C) groups is 1. The molecule has 0 spiro atoms. The molecule has 0 bridgehead atoms. The Morgan fingerprint density at radius 2 is 1.88 bits per heavy atom. The summed E-state index contributed by atoms with van der Waals surface area (Å²) >= 11 is 1.71. The Morgan fingerprint density at radius 1 is 1.20 bits per heavy atom. The number of nitrogens with zero attached hydrogens (tertiary/aromatic N) is 2. The highest BCUT2D eigenvalue weighted by molar-refractivity contribution is 14.0. The average molecular weight is 472 g/mol. The van der Waals surface area contributed by atoms with Crippen molar-refractivity contribution in [1.29, 1.82) is 0 Å². The number of benzene rings is 1. The van der Waals surface area contributed by atoms with E-state index in [0.717, 1.165) is 30.5 Å². The van der Waals surface area contributed by atoms with Crippen molar-refractivity contribution in [2.75, 3.05) is 13.6 Å². The fourth-order valence-corrected chi connectivity index (χ4v) is 3.21. The quantitative estimate of drug-likeness (QED) is 0.375. The molecule has 0 atom stereocenters. The smallest absolute Gasteiger partial charge is 0.191 e. The van der Waals surface area contributed by atoms with Crippen LogP contribution in [0.5, 0.6) is 0 Å². The number of hydrogen-bond donors (Lipinski definition) is 2. The van der Waals surface area contributed by atoms with Gasteiger partial charge in [0.15, 0.2) is 5.96 Å². The summed E-state index contributed by atoms with van der Waals surface area (Å²) in [4.78, 5) is 9.80. The third-order valence-corrected chi connectivity index (χ3v) is 5.08. The Labute approximate surface area is 172 Å². The summed E-state index contributed by atoms with van der Waals surface area (Å²) in [5.41, 5.74) is 2.74. The molecule has 25 heavy (non-hydrogen) atoms. The van der Waals surface area contributed by atoms with Gasteiger partial charge in [-0.3, -0.25) is 4.99 Å². The number of rotatable bonds is 6. The third kappa shape index (κ3) is 6.58. The van der Waals surface area contributed by atoms with Crippen molar-refractivity contribution in [2.24, 2.45) is 4.99 Å². The van der Waals surface area contributed by atoms with Gasteiger partial charge in [-0.2, -0.15) is 0 Å². The highest BCUT2D eigenvalue weighted by Gasteiger charge is 2.20. The predicted molar refractivity (Wildman–Crippen MR) is 119 cm³/mol. The van der Waals surface area contributed by atoms with Crippen molar-refractivity contribution >= 4 is 41.3 Å². The van der Waals surface area contributed by atoms with Gasteiger partial charge in [0.05, 0.1) is 11.6 Å². The molecule has 1 heterocycles. The first-order valence-corrected chi connectivity index (χ1v) is 9.21. The van der Waals surface area contributed by atoms with E-state index in [9.17, 15) is 0 Å². The maximum atomic E-state index is 4.31. The fraction of sp³-hybridized carbons (Fsp3) is 0.474. The second-order valence-corrected chi connectivity index (χ2v) is 7.88. The summed E-state index contributed by atoms with van der Waals surface area (Å²) in [5.74, 6) is 0.819. The van der Waals surface area contributed by atoms with Gasteiger partial charge in [0, 0.05) is 30.1 Å². The van der Waals surface area contributed by atoms with Crippen molar-refractivity contribution < 1.29 is 0 Å². The van der Waals surface area contributed by atoms with Gasteiger partial charge in [0.2, 0.25) is 0 Å². The lowest BCUT2D eigenvalue weighted by Crippen LogP contribution is -2.43. The number of aromatic nitrogens is 1. The maximum Gasteiger partial charge on any atom is 0.191 e. The minimum Gasteiger partial charge on any atom is -0.356 e. The zero-order valence-corrected chi connectivity index (χ0v) is 18.9. The molecule has 1 aromatic carbocycles. The largest absolute Gasteiger partial charge is 0.356 e. The van der Waals surface area contributed by atoms with E-state index in [1.165, 1.54) is 16.0 Å². The molecule has 4 nitrogen and oxygen atoms in total. The van der Waals surface area contributed by atoms with Crippen LogP contribution in [0.4, 0.5) is 0 Å². The van der Waals surface area contributed by atoms with Gasteiger partial charge in [0.1, 0.15) is 0 Å². The maximum absolute atomic E-state index is 4.31. The first kappa shape index (κ1) is 21.9. The van der Waals surface area contributed by atoms with Gasteiger partial charge in [0.25, 0.3) is 0 Å². The average Bonchev–Trinajstić information content (AvgIpc) is 3.00. The van der Waals surface area contributed by atoms with Gasteiger partial charge < -0.3 is 10.6 Å². The van der Waals surface area contributed by atoms with Gasteiger partial charge in [-0.05, 0) is 24.5 Å². The lowest BCUT2D eigenvalue weighted by molar-refractivity contribution is 0.508. The van der Waals surface area contributed by atoms with Crippen molar-refractivity contribution in [3.05, 3.63) is 51.5 Å². The number of aryl methyl sites for hydroxylation is 2. The molecular formula is C19H29IN4S. The third-order valence-electron chi connectivity index (χ3n) is 4.16. The number of guanidine groups is 1. The second-order valence-electron chi connectivity index (χ2n) is 6.56. The molecule has 0 saturated carbocycles. The molecule has 6 heteroatoms. The van der Waals surface area contributed by atoms with Gasteiger partial charge in [-0.25, -0.2) is 4.98 Å². The Bertz CT molecular complexity index is 677. The molecule has 2 aromatic rings. The second kappa shape index (κ2) is 10.1. The zero-order chi connectivity index (χ0) is 17.6. The van der Waals surface area contributed by atoms with Crippen LogP contribution in [0.2, 0.25) is 0 Å². The van der Waals surface area contributed by atoms with Crippen molar-refractivity contribution in [3.63, 3.8) is 0 Å². The van der Waals surface area contributed by atoms with Gasteiger partial charge >= 0.3 is 0 Å². The molecule has 1 aromatic heterocycles. The molecule has 0 saturated heterocycles. The first-order valence-electron chi connectivity index (χ1n) is 8.40. The van der Waals surface area contributed by atoms with E-state index in [-0.39, 0.29) is 29.4 Å². The molecule has 0 aliphatic carbocycles. The van der Waals surface area contributed by atoms with Crippen LogP contribution < -0.4 is 10.6 Å². The highest BCUT2D eigenvalue weighted by Crippen LogP contribution is 2.22. The fourth-order valence-electron chi connectivity index (χ4n) is 2.48. The molecule has 0 aliphatic rings. The van der Waals surface area contributed by atoms with E-state index in [0.29, 0.717) is 0 Å². The number of nitrogens with one attached hydrogen (secondary N) is 2. The molecule has 0 unspecified atom stereocenters. The molecular weight excluding hydrogens is 443 g/mol. The predicted octanol–water partition coefficient (Wildman–Crippen LogP) is 4.27. The number of halogens is 1. The van der Waals surface area contributed by atoms with Crippen LogP contribution in [0, 0.1) is 6.92 Å². The van der Waals surface area contributed by atoms with E-state index < -0.39 is 0 Å². The summed E-state index contributed by atoms with van der Waals surface area (Å²) in [6.45, 7) is 10.3. The van der Waals surface area contributed by atoms with Crippen LogP contribution in [-0.2, 0) is 18.4 Å². The highest BCUT2D eigenvalue weighted by atomic mass is 127. The van der Waals surface area contributed by atoms with E-state index in [1.807, 2.05) is 13.1 Å². The number of hydrogen-bond acceptors (Lipinski definition) is 3. The topological polar surface area (TPSA) is 49.3 Å². The Kier molecular flexibility index (Phi) is 8.85. The standard InChI is InChI=1S/C19H28N4S.HI/c1-6-15-7-9-16(10-8-15)19(3,4)13-23-18(20-5)22-12-17-11-21-14(2)24-17;/h7-11H,6,12-13H2,1-5H3,(H2,20,22,23);1H. The SMILES string of the molecule is CCc1ccc(C(C)(C)CNC(=NC)NCc2cnc(C)s2)cc1.I. The monoisotopic (exact) mass is 472 g/mol. The first-order chi connectivity index (χ1) is 11.4. The molecule has 2 N–H and O–H groups in total.